The summed E-state index contributed by atoms with van der Waals surface area (Å²) in [6.45, 7) is 4.71. The van der Waals surface area contributed by atoms with Crippen LogP contribution < -0.4 is 4.90 Å². The van der Waals surface area contributed by atoms with Gasteiger partial charge < -0.3 is 13.9 Å². The Labute approximate surface area is 349 Å². The van der Waals surface area contributed by atoms with Crippen LogP contribution in [0.1, 0.15) is 25.0 Å². The molecule has 11 aromatic rings. The number of rotatable bonds is 6. The molecule has 0 saturated carbocycles. The molecule has 3 heteroatoms. The second kappa shape index (κ2) is 13.2. The maximum absolute atomic E-state index is 6.76. The van der Waals surface area contributed by atoms with Gasteiger partial charge in [-0.3, -0.25) is 0 Å². The second-order valence-corrected chi connectivity index (χ2v) is 16.5. The number of hydrogen-bond acceptors (Lipinski definition) is 2. The molecular formula is C57H40N2O. The maximum Gasteiger partial charge on any atom is 0.145 e. The third-order valence-corrected chi connectivity index (χ3v) is 12.8. The number of benzene rings is 9. The van der Waals surface area contributed by atoms with E-state index in [-0.39, 0.29) is 5.41 Å². The highest BCUT2D eigenvalue weighted by Gasteiger charge is 2.36. The molecule has 0 saturated heterocycles. The highest BCUT2D eigenvalue weighted by Crippen LogP contribution is 2.52. The maximum atomic E-state index is 6.76. The Morgan fingerprint density at radius 3 is 1.88 bits per heavy atom. The zero-order valence-corrected chi connectivity index (χ0v) is 33.4. The van der Waals surface area contributed by atoms with Gasteiger partial charge in [-0.2, -0.15) is 0 Å². The Balaban J connectivity index is 1.10. The number of fused-ring (bicyclic) bond motifs is 10. The first kappa shape index (κ1) is 34.4. The van der Waals surface area contributed by atoms with Crippen molar-refractivity contribution in [1.29, 1.82) is 0 Å². The Morgan fingerprint density at radius 1 is 0.450 bits per heavy atom. The number of para-hydroxylation sites is 4. The highest BCUT2D eigenvalue weighted by atomic mass is 16.3. The summed E-state index contributed by atoms with van der Waals surface area (Å²) in [6, 6.07) is 74.8. The number of anilines is 3. The summed E-state index contributed by atoms with van der Waals surface area (Å²) in [6.07, 6.45) is 0. The molecule has 0 atom stereocenters. The fourth-order valence-electron chi connectivity index (χ4n) is 9.98. The van der Waals surface area contributed by atoms with Crippen LogP contribution in [0.4, 0.5) is 17.1 Å². The van der Waals surface area contributed by atoms with Gasteiger partial charge in [0.1, 0.15) is 11.2 Å². The van der Waals surface area contributed by atoms with E-state index in [1.165, 1.54) is 38.8 Å². The number of aromatic nitrogens is 1. The van der Waals surface area contributed by atoms with Crippen molar-refractivity contribution >= 4 is 60.8 Å². The summed E-state index contributed by atoms with van der Waals surface area (Å²) >= 11 is 0. The minimum Gasteiger partial charge on any atom is -0.455 e. The summed E-state index contributed by atoms with van der Waals surface area (Å²) < 4.78 is 9.17. The highest BCUT2D eigenvalue weighted by molar-refractivity contribution is 6.27. The van der Waals surface area contributed by atoms with E-state index in [0.717, 1.165) is 72.2 Å². The predicted molar refractivity (Wildman–Crippen MR) is 251 cm³/mol. The van der Waals surface area contributed by atoms with E-state index in [4.69, 9.17) is 4.42 Å². The molecule has 0 radical (unpaired) electrons. The molecule has 0 amide bonds. The average molecular weight is 769 g/mol. The largest absolute Gasteiger partial charge is 0.455 e. The molecule has 0 spiro atoms. The quantitative estimate of drug-likeness (QED) is 0.168. The molecule has 1 aliphatic rings. The van der Waals surface area contributed by atoms with E-state index in [1.807, 2.05) is 0 Å². The van der Waals surface area contributed by atoms with Crippen molar-refractivity contribution in [2.75, 3.05) is 4.90 Å². The van der Waals surface area contributed by atoms with Crippen molar-refractivity contribution in [3.8, 4) is 39.1 Å². The minimum absolute atomic E-state index is 0.130. The Kier molecular flexibility index (Phi) is 7.58. The summed E-state index contributed by atoms with van der Waals surface area (Å²) in [5.74, 6) is 0. The Bertz CT molecular complexity index is 3450. The van der Waals surface area contributed by atoms with Gasteiger partial charge in [0.05, 0.1) is 22.1 Å². The van der Waals surface area contributed by atoms with Gasteiger partial charge in [-0.15, -0.1) is 0 Å². The van der Waals surface area contributed by atoms with Crippen LogP contribution in [0, 0.1) is 0 Å². The summed E-state index contributed by atoms with van der Waals surface area (Å²) in [5.41, 5.74) is 18.4. The number of nitrogens with zero attached hydrogens (tertiary/aromatic N) is 2. The lowest BCUT2D eigenvalue weighted by Crippen LogP contribution is -2.16. The van der Waals surface area contributed by atoms with E-state index in [0.29, 0.717) is 0 Å². The van der Waals surface area contributed by atoms with Crippen molar-refractivity contribution in [1.82, 2.24) is 4.57 Å². The molecule has 9 aromatic carbocycles. The molecule has 3 nitrogen and oxygen atoms in total. The molecule has 2 aromatic heterocycles. The zero-order chi connectivity index (χ0) is 40.0. The third-order valence-electron chi connectivity index (χ3n) is 12.8. The zero-order valence-electron chi connectivity index (χ0n) is 33.4. The minimum atomic E-state index is -0.130. The molecule has 284 valence electrons. The van der Waals surface area contributed by atoms with Crippen LogP contribution in [-0.2, 0) is 5.41 Å². The molecule has 0 bridgehead atoms. The van der Waals surface area contributed by atoms with Gasteiger partial charge in [0.25, 0.3) is 0 Å². The van der Waals surface area contributed by atoms with Crippen LogP contribution in [-0.4, -0.2) is 4.57 Å². The fraction of sp³-hybridized carbons (Fsp3) is 0.0526. The second-order valence-electron chi connectivity index (χ2n) is 16.5. The first-order chi connectivity index (χ1) is 29.5. The van der Waals surface area contributed by atoms with Gasteiger partial charge >= 0.3 is 0 Å². The predicted octanol–water partition coefficient (Wildman–Crippen LogP) is 15.8. The number of hydrogen-bond donors (Lipinski definition) is 0. The third kappa shape index (κ3) is 5.09. The van der Waals surface area contributed by atoms with E-state index < -0.39 is 0 Å². The van der Waals surface area contributed by atoms with Crippen LogP contribution in [0.15, 0.2) is 211 Å². The van der Waals surface area contributed by atoms with E-state index in [2.05, 4.69) is 230 Å². The molecule has 60 heavy (non-hydrogen) atoms. The summed E-state index contributed by atoms with van der Waals surface area (Å²) in [7, 11) is 0. The van der Waals surface area contributed by atoms with Crippen molar-refractivity contribution in [3.05, 3.63) is 217 Å². The molecular weight excluding hydrogens is 729 g/mol. The van der Waals surface area contributed by atoms with E-state index >= 15 is 0 Å². The van der Waals surface area contributed by atoms with Gasteiger partial charge in [0.15, 0.2) is 0 Å². The molecule has 0 fully saturated rings. The topological polar surface area (TPSA) is 21.3 Å². The van der Waals surface area contributed by atoms with Crippen LogP contribution >= 0.6 is 0 Å². The first-order valence-corrected chi connectivity index (χ1v) is 20.8. The van der Waals surface area contributed by atoms with Gasteiger partial charge in [-0.1, -0.05) is 159 Å². The van der Waals surface area contributed by atoms with Gasteiger partial charge in [0, 0.05) is 49.8 Å². The smallest absolute Gasteiger partial charge is 0.145 e. The SMILES string of the molecule is CC1(C)c2ccccc2-c2ccc(N(c3ccc(-c4cc5c6ccccc6oc5c5c6ccccc6n(-c6ccccc6)c45)cc3)c3ccccc3-c3ccccc3)cc21. The lowest BCUT2D eigenvalue weighted by Gasteiger charge is -2.30. The summed E-state index contributed by atoms with van der Waals surface area (Å²) in [5, 5.41) is 4.54. The van der Waals surface area contributed by atoms with Crippen LogP contribution in [0.2, 0.25) is 0 Å². The monoisotopic (exact) mass is 768 g/mol. The Morgan fingerprint density at radius 2 is 1.07 bits per heavy atom. The van der Waals surface area contributed by atoms with Gasteiger partial charge in [-0.05, 0) is 94.0 Å². The summed E-state index contributed by atoms with van der Waals surface area (Å²) in [4.78, 5) is 2.44. The van der Waals surface area contributed by atoms with Crippen molar-refractivity contribution in [2.45, 2.75) is 19.3 Å². The standard InChI is InChI=1S/C57H40N2O/c1-57(2)49-25-13-9-22-43(49)44-34-33-41(35-50(44)57)58(51-26-14-10-21-42(51)37-17-5-3-6-18-37)40-31-29-38(30-32-40)47-36-48-45-23-12-16-28-53(45)60-56(48)54-46-24-11-15-27-52(46)59(55(47)54)39-19-7-4-8-20-39/h3-36H,1-2H3. The van der Waals surface area contributed by atoms with Crippen molar-refractivity contribution in [2.24, 2.45) is 0 Å². The molecule has 12 rings (SSSR count). The molecule has 1 aliphatic carbocycles. The normalized spacial score (nSPS) is 13.0. The first-order valence-electron chi connectivity index (χ1n) is 20.8. The van der Waals surface area contributed by atoms with Crippen LogP contribution in [0.5, 0.6) is 0 Å². The molecule has 0 aliphatic heterocycles. The number of furan rings is 1. The van der Waals surface area contributed by atoms with Gasteiger partial charge in [0.2, 0.25) is 0 Å². The van der Waals surface area contributed by atoms with Crippen molar-refractivity contribution in [3.63, 3.8) is 0 Å². The molecule has 2 heterocycles. The Hall–Kier alpha value is -7.62. The average Bonchev–Trinajstić information content (AvgIpc) is 3.93. The van der Waals surface area contributed by atoms with Crippen LogP contribution in [0.25, 0.3) is 82.8 Å². The van der Waals surface area contributed by atoms with Crippen LogP contribution in [0.3, 0.4) is 0 Å². The van der Waals surface area contributed by atoms with Crippen molar-refractivity contribution < 1.29 is 4.42 Å². The van der Waals surface area contributed by atoms with E-state index in [1.54, 1.807) is 0 Å². The molecule has 0 N–H and O–H groups in total. The van der Waals surface area contributed by atoms with Gasteiger partial charge in [-0.25, -0.2) is 0 Å². The lowest BCUT2D eigenvalue weighted by molar-refractivity contribution is 0.660. The van der Waals surface area contributed by atoms with E-state index in [9.17, 15) is 0 Å². The lowest BCUT2D eigenvalue weighted by atomic mass is 9.82. The molecule has 0 unspecified atom stereocenters. The fourth-order valence-corrected chi connectivity index (χ4v) is 9.98.